The van der Waals surface area contributed by atoms with Gasteiger partial charge in [-0.1, -0.05) is 22.4 Å². The highest BCUT2D eigenvalue weighted by atomic mass is 79.9. The molecule has 1 aromatic carbocycles. The Morgan fingerprint density at radius 1 is 1.44 bits per heavy atom. The molecule has 1 saturated heterocycles. The van der Waals surface area contributed by atoms with Crippen LogP contribution in [0.4, 0.5) is 0 Å². The van der Waals surface area contributed by atoms with Crippen molar-refractivity contribution in [3.63, 3.8) is 0 Å². The van der Waals surface area contributed by atoms with Gasteiger partial charge in [-0.15, -0.1) is 0 Å². The van der Waals surface area contributed by atoms with Crippen LogP contribution in [0.15, 0.2) is 22.7 Å². The van der Waals surface area contributed by atoms with Crippen LogP contribution in [0.3, 0.4) is 0 Å². The lowest BCUT2D eigenvalue weighted by Crippen LogP contribution is -2.29. The second-order valence-electron chi connectivity index (χ2n) is 4.85. The number of aromatic nitrogens is 2. The van der Waals surface area contributed by atoms with Gasteiger partial charge >= 0.3 is 0 Å². The van der Waals surface area contributed by atoms with Gasteiger partial charge in [0.1, 0.15) is 5.82 Å². The summed E-state index contributed by atoms with van der Waals surface area (Å²) in [4.78, 5) is 4.84. The normalized spacial score (nSPS) is 20.4. The number of hydrogen-bond acceptors (Lipinski definition) is 2. The highest BCUT2D eigenvalue weighted by molar-refractivity contribution is 9.10. The van der Waals surface area contributed by atoms with Gasteiger partial charge in [-0.3, -0.25) is 0 Å². The van der Waals surface area contributed by atoms with Crippen molar-refractivity contribution in [3.8, 4) is 0 Å². The van der Waals surface area contributed by atoms with Gasteiger partial charge in [0.2, 0.25) is 0 Å². The minimum absolute atomic E-state index is 0.421. The molecule has 18 heavy (non-hydrogen) atoms. The van der Waals surface area contributed by atoms with Crippen molar-refractivity contribution in [2.75, 3.05) is 6.54 Å². The summed E-state index contributed by atoms with van der Waals surface area (Å²) >= 11 is 3.52. The molecule has 0 bridgehead atoms. The number of fused-ring (bicyclic) bond motifs is 1. The number of hydrogen-bond donors (Lipinski definition) is 1. The molecule has 1 N–H and O–H groups in total. The van der Waals surface area contributed by atoms with E-state index in [9.17, 15) is 0 Å². The standard InChI is InChI=1S/C14H18BrN3/c1-2-18-13-7-6-10(15)9-12(13)17-14(18)11-5-3-4-8-16-11/h6-7,9,11,16H,2-5,8H2,1H3. The maximum atomic E-state index is 4.84. The predicted molar refractivity (Wildman–Crippen MR) is 77.7 cm³/mol. The first-order chi connectivity index (χ1) is 8.79. The van der Waals surface area contributed by atoms with Gasteiger partial charge in [-0.05, 0) is 44.5 Å². The molecule has 3 nitrogen and oxygen atoms in total. The first kappa shape index (κ1) is 12.2. The fourth-order valence-electron chi connectivity index (χ4n) is 2.79. The summed E-state index contributed by atoms with van der Waals surface area (Å²) in [6.07, 6.45) is 3.78. The van der Waals surface area contributed by atoms with Crippen LogP contribution in [-0.2, 0) is 6.54 Å². The van der Waals surface area contributed by atoms with Crippen LogP contribution < -0.4 is 5.32 Å². The molecule has 2 aromatic rings. The van der Waals surface area contributed by atoms with Crippen molar-refractivity contribution in [1.29, 1.82) is 0 Å². The summed E-state index contributed by atoms with van der Waals surface area (Å²) in [6, 6.07) is 6.77. The van der Waals surface area contributed by atoms with E-state index in [1.165, 1.54) is 30.6 Å². The Hall–Kier alpha value is -0.870. The van der Waals surface area contributed by atoms with Gasteiger partial charge in [0.05, 0.1) is 17.1 Å². The molecule has 96 valence electrons. The van der Waals surface area contributed by atoms with Crippen molar-refractivity contribution in [1.82, 2.24) is 14.9 Å². The Morgan fingerprint density at radius 3 is 3.06 bits per heavy atom. The van der Waals surface area contributed by atoms with Crippen molar-refractivity contribution >= 4 is 27.0 Å². The van der Waals surface area contributed by atoms with E-state index in [1.54, 1.807) is 0 Å². The Balaban J connectivity index is 2.09. The van der Waals surface area contributed by atoms with Gasteiger partial charge in [0.25, 0.3) is 0 Å². The highest BCUT2D eigenvalue weighted by Crippen LogP contribution is 2.27. The van der Waals surface area contributed by atoms with E-state index in [0.717, 1.165) is 23.1 Å². The van der Waals surface area contributed by atoms with E-state index >= 15 is 0 Å². The van der Waals surface area contributed by atoms with Gasteiger partial charge in [-0.2, -0.15) is 0 Å². The van der Waals surface area contributed by atoms with Crippen molar-refractivity contribution in [2.45, 2.75) is 38.8 Å². The zero-order valence-corrected chi connectivity index (χ0v) is 12.2. The zero-order chi connectivity index (χ0) is 12.5. The fraction of sp³-hybridized carbons (Fsp3) is 0.500. The maximum Gasteiger partial charge on any atom is 0.127 e. The van der Waals surface area contributed by atoms with Gasteiger partial charge in [0, 0.05) is 11.0 Å². The molecule has 1 fully saturated rings. The van der Waals surface area contributed by atoms with E-state index in [1.807, 2.05) is 0 Å². The number of benzene rings is 1. The molecule has 1 unspecified atom stereocenters. The molecular formula is C14H18BrN3. The maximum absolute atomic E-state index is 4.84. The molecule has 1 aliphatic rings. The summed E-state index contributed by atoms with van der Waals surface area (Å²) in [7, 11) is 0. The number of aryl methyl sites for hydroxylation is 1. The van der Waals surface area contributed by atoms with Crippen molar-refractivity contribution < 1.29 is 0 Å². The van der Waals surface area contributed by atoms with Crippen LogP contribution in [0.1, 0.15) is 38.1 Å². The van der Waals surface area contributed by atoms with Gasteiger partial charge < -0.3 is 9.88 Å². The second-order valence-corrected chi connectivity index (χ2v) is 5.77. The Morgan fingerprint density at radius 2 is 2.33 bits per heavy atom. The lowest BCUT2D eigenvalue weighted by molar-refractivity contribution is 0.388. The molecule has 3 rings (SSSR count). The molecule has 0 spiro atoms. The number of imidazole rings is 1. The molecule has 0 aliphatic carbocycles. The summed E-state index contributed by atoms with van der Waals surface area (Å²) in [5, 5.41) is 3.59. The highest BCUT2D eigenvalue weighted by Gasteiger charge is 2.21. The molecule has 0 saturated carbocycles. The third-order valence-corrected chi connectivity index (χ3v) is 4.17. The smallest absolute Gasteiger partial charge is 0.127 e. The summed E-state index contributed by atoms with van der Waals surface area (Å²) in [5.41, 5.74) is 2.33. The molecule has 0 amide bonds. The third-order valence-electron chi connectivity index (χ3n) is 3.68. The van der Waals surface area contributed by atoms with Crippen LogP contribution in [0.2, 0.25) is 0 Å². The van der Waals surface area contributed by atoms with Crippen LogP contribution in [-0.4, -0.2) is 16.1 Å². The van der Waals surface area contributed by atoms with E-state index in [4.69, 9.17) is 4.98 Å². The second kappa shape index (κ2) is 5.02. The number of rotatable bonds is 2. The number of halogens is 1. The number of piperidine rings is 1. The lowest BCUT2D eigenvalue weighted by atomic mass is 10.0. The minimum Gasteiger partial charge on any atom is -0.327 e. The van der Waals surface area contributed by atoms with E-state index in [-0.39, 0.29) is 0 Å². The van der Waals surface area contributed by atoms with Crippen LogP contribution in [0.25, 0.3) is 11.0 Å². The lowest BCUT2D eigenvalue weighted by Gasteiger charge is -2.23. The van der Waals surface area contributed by atoms with Gasteiger partial charge in [-0.25, -0.2) is 4.98 Å². The SMILES string of the molecule is CCn1c(C2CCCCN2)nc2cc(Br)ccc21. The zero-order valence-electron chi connectivity index (χ0n) is 10.6. The van der Waals surface area contributed by atoms with E-state index in [2.05, 4.69) is 50.9 Å². The summed E-state index contributed by atoms with van der Waals surface area (Å²) in [6.45, 7) is 4.28. The van der Waals surface area contributed by atoms with Gasteiger partial charge in [0.15, 0.2) is 0 Å². The fourth-order valence-corrected chi connectivity index (χ4v) is 3.14. The first-order valence-electron chi connectivity index (χ1n) is 6.68. The largest absolute Gasteiger partial charge is 0.327 e. The van der Waals surface area contributed by atoms with Crippen molar-refractivity contribution in [2.24, 2.45) is 0 Å². The monoisotopic (exact) mass is 307 g/mol. The molecule has 1 atom stereocenters. The minimum atomic E-state index is 0.421. The Kier molecular flexibility index (Phi) is 3.39. The molecule has 4 heteroatoms. The van der Waals surface area contributed by atoms with E-state index in [0.29, 0.717) is 6.04 Å². The molecule has 2 heterocycles. The molecule has 1 aromatic heterocycles. The van der Waals surface area contributed by atoms with Crippen LogP contribution in [0, 0.1) is 0 Å². The van der Waals surface area contributed by atoms with Crippen LogP contribution in [0.5, 0.6) is 0 Å². The Labute approximate surface area is 116 Å². The van der Waals surface area contributed by atoms with E-state index < -0.39 is 0 Å². The number of nitrogens with one attached hydrogen (secondary N) is 1. The summed E-state index contributed by atoms with van der Waals surface area (Å²) in [5.74, 6) is 1.20. The molecule has 1 aliphatic heterocycles. The first-order valence-corrected chi connectivity index (χ1v) is 7.48. The molecule has 0 radical (unpaired) electrons. The predicted octanol–water partition coefficient (Wildman–Crippen LogP) is 3.63. The quantitative estimate of drug-likeness (QED) is 0.918. The summed E-state index contributed by atoms with van der Waals surface area (Å²) < 4.78 is 3.43. The molecular weight excluding hydrogens is 290 g/mol. The topological polar surface area (TPSA) is 29.9 Å². The van der Waals surface area contributed by atoms with Crippen molar-refractivity contribution in [3.05, 3.63) is 28.5 Å². The third kappa shape index (κ3) is 2.08. The van der Waals surface area contributed by atoms with Crippen LogP contribution >= 0.6 is 15.9 Å². The number of nitrogens with zero attached hydrogens (tertiary/aromatic N) is 2. The Bertz CT molecular complexity index is 555. The average molecular weight is 308 g/mol. The average Bonchev–Trinajstić information content (AvgIpc) is 2.77.